The molecule has 1 N–H and O–H groups in total. The fourth-order valence-corrected chi connectivity index (χ4v) is 4.67. The number of carbonyl (C=O) groups excluding carboxylic acids is 1. The van der Waals surface area contributed by atoms with E-state index in [4.69, 9.17) is 0 Å². The van der Waals surface area contributed by atoms with Crippen molar-refractivity contribution in [3.63, 3.8) is 0 Å². The van der Waals surface area contributed by atoms with Crippen LogP contribution in [-0.2, 0) is 11.2 Å². The van der Waals surface area contributed by atoms with E-state index in [1.165, 1.54) is 11.3 Å². The molecule has 4 heteroatoms. The van der Waals surface area contributed by atoms with Crippen LogP contribution in [0.1, 0.15) is 70.1 Å². The van der Waals surface area contributed by atoms with E-state index in [1.807, 2.05) is 30.3 Å². The lowest BCUT2D eigenvalue weighted by atomic mass is 9.79. The minimum absolute atomic E-state index is 0.0656. The van der Waals surface area contributed by atoms with Crippen LogP contribution < -0.4 is 10.3 Å². The van der Waals surface area contributed by atoms with E-state index in [9.17, 15) is 4.79 Å². The molecule has 1 atom stereocenters. The van der Waals surface area contributed by atoms with E-state index in [2.05, 4.69) is 68.2 Å². The Balaban J connectivity index is 1.65. The number of hydrogen-bond donors (Lipinski definition) is 1. The highest BCUT2D eigenvalue weighted by molar-refractivity contribution is 5.84. The fourth-order valence-electron chi connectivity index (χ4n) is 4.67. The molecule has 0 saturated heterocycles. The number of aryl methyl sites for hydroxylation is 1. The number of fused-ring (bicyclic) bond motifs is 1. The van der Waals surface area contributed by atoms with E-state index in [0.717, 1.165) is 24.0 Å². The molecule has 0 aromatic heterocycles. The van der Waals surface area contributed by atoms with Gasteiger partial charge in [0, 0.05) is 23.7 Å². The minimum atomic E-state index is -0.0656. The molecular weight excluding hydrogens is 358 g/mol. The number of benzene rings is 2. The molecule has 0 radical (unpaired) electrons. The molecule has 0 bridgehead atoms. The summed E-state index contributed by atoms with van der Waals surface area (Å²) in [5.41, 5.74) is 7.64. The Morgan fingerprint density at radius 1 is 1.24 bits per heavy atom. The summed E-state index contributed by atoms with van der Waals surface area (Å²) in [6.07, 6.45) is 4.02. The Morgan fingerprint density at radius 3 is 2.66 bits per heavy atom. The van der Waals surface area contributed by atoms with Crippen LogP contribution in [0.15, 0.2) is 53.6 Å². The molecule has 1 aliphatic rings. The van der Waals surface area contributed by atoms with Gasteiger partial charge in [-0.1, -0.05) is 43.3 Å². The third-order valence-electron chi connectivity index (χ3n) is 5.70. The van der Waals surface area contributed by atoms with Crippen LogP contribution >= 0.6 is 0 Å². The predicted molar refractivity (Wildman–Crippen MR) is 122 cm³/mol. The summed E-state index contributed by atoms with van der Waals surface area (Å²) in [5, 5.41) is 4.17. The first-order chi connectivity index (χ1) is 13.8. The monoisotopic (exact) mass is 391 g/mol. The van der Waals surface area contributed by atoms with Crippen molar-refractivity contribution >= 4 is 17.8 Å². The average molecular weight is 392 g/mol. The number of hydrazone groups is 1. The highest BCUT2D eigenvalue weighted by Gasteiger charge is 2.37. The normalized spacial score (nSPS) is 18.1. The quantitative estimate of drug-likeness (QED) is 0.538. The summed E-state index contributed by atoms with van der Waals surface area (Å²) in [6, 6.07) is 17.0. The maximum atomic E-state index is 12.0. The SMILES string of the molecule is CC1CC(C)(C)N(C(C)C)c2ccc(/C=N\NC(=O)CCc3ccccc3)cc21. The molecule has 29 heavy (non-hydrogen) atoms. The Bertz CT molecular complexity index is 871. The van der Waals surface area contributed by atoms with Crippen LogP contribution in [0.5, 0.6) is 0 Å². The molecule has 2 aromatic carbocycles. The molecule has 0 saturated carbocycles. The number of amides is 1. The average Bonchev–Trinajstić information content (AvgIpc) is 2.66. The standard InChI is InChI=1S/C25H33N3O/c1-18(2)28-23-13-11-21(15-22(23)19(3)16-25(28,4)5)17-26-27-24(29)14-12-20-9-7-6-8-10-20/h6-11,13,15,17-19H,12,14,16H2,1-5H3,(H,27,29)/b26-17-. The molecule has 1 heterocycles. The van der Waals surface area contributed by atoms with E-state index < -0.39 is 0 Å². The zero-order valence-corrected chi connectivity index (χ0v) is 18.3. The second kappa shape index (κ2) is 8.81. The van der Waals surface area contributed by atoms with Crippen LogP contribution in [-0.4, -0.2) is 23.7 Å². The number of hydrogen-bond acceptors (Lipinski definition) is 3. The van der Waals surface area contributed by atoms with Gasteiger partial charge in [0.25, 0.3) is 0 Å². The zero-order valence-electron chi connectivity index (χ0n) is 18.3. The van der Waals surface area contributed by atoms with Crippen LogP contribution in [0.25, 0.3) is 0 Å². The van der Waals surface area contributed by atoms with Crippen molar-refractivity contribution in [2.24, 2.45) is 5.10 Å². The number of nitrogens with one attached hydrogen (secondary N) is 1. The summed E-state index contributed by atoms with van der Waals surface area (Å²) in [5.74, 6) is 0.424. The maximum absolute atomic E-state index is 12.0. The van der Waals surface area contributed by atoms with Crippen LogP contribution in [0, 0.1) is 0 Å². The Hall–Kier alpha value is -2.62. The second-order valence-corrected chi connectivity index (χ2v) is 8.98. The fraction of sp³-hybridized carbons (Fsp3) is 0.440. The van der Waals surface area contributed by atoms with Gasteiger partial charge in [-0.3, -0.25) is 4.79 Å². The van der Waals surface area contributed by atoms with Crippen LogP contribution in [0.4, 0.5) is 5.69 Å². The molecule has 1 aliphatic heterocycles. The Kier molecular flexibility index (Phi) is 6.41. The van der Waals surface area contributed by atoms with Crippen molar-refractivity contribution < 1.29 is 4.79 Å². The van der Waals surface area contributed by atoms with Gasteiger partial charge in [-0.25, -0.2) is 5.43 Å². The lowest BCUT2D eigenvalue weighted by Crippen LogP contribution is -2.51. The molecule has 154 valence electrons. The van der Waals surface area contributed by atoms with E-state index >= 15 is 0 Å². The number of rotatable bonds is 6. The van der Waals surface area contributed by atoms with E-state index in [-0.39, 0.29) is 11.4 Å². The maximum Gasteiger partial charge on any atom is 0.240 e. The van der Waals surface area contributed by atoms with Crippen molar-refractivity contribution in [2.45, 2.75) is 71.4 Å². The molecule has 0 aliphatic carbocycles. The smallest absolute Gasteiger partial charge is 0.240 e. The Labute approximate surface area is 175 Å². The highest BCUT2D eigenvalue weighted by atomic mass is 16.2. The molecule has 1 amide bonds. The summed E-state index contributed by atoms with van der Waals surface area (Å²) in [4.78, 5) is 14.6. The van der Waals surface area contributed by atoms with Gasteiger partial charge in [-0.05, 0) is 75.3 Å². The van der Waals surface area contributed by atoms with Gasteiger partial charge in [0.05, 0.1) is 6.21 Å². The van der Waals surface area contributed by atoms with E-state index in [0.29, 0.717) is 18.4 Å². The first-order valence-electron chi connectivity index (χ1n) is 10.6. The van der Waals surface area contributed by atoms with Gasteiger partial charge in [-0.15, -0.1) is 0 Å². The number of carbonyl (C=O) groups is 1. The van der Waals surface area contributed by atoms with Crippen LogP contribution in [0.3, 0.4) is 0 Å². The van der Waals surface area contributed by atoms with Crippen molar-refractivity contribution in [1.29, 1.82) is 0 Å². The lowest BCUT2D eigenvalue weighted by Gasteiger charge is -2.50. The third kappa shape index (κ3) is 5.06. The summed E-state index contributed by atoms with van der Waals surface area (Å²) in [6.45, 7) is 11.5. The molecule has 2 aromatic rings. The lowest BCUT2D eigenvalue weighted by molar-refractivity contribution is -0.121. The number of nitrogens with zero attached hydrogens (tertiary/aromatic N) is 2. The topological polar surface area (TPSA) is 44.7 Å². The molecular formula is C25H33N3O. The first-order valence-corrected chi connectivity index (χ1v) is 10.6. The van der Waals surface area contributed by atoms with Crippen molar-refractivity contribution in [3.05, 3.63) is 65.2 Å². The predicted octanol–water partition coefficient (Wildman–Crippen LogP) is 5.27. The Morgan fingerprint density at radius 2 is 1.97 bits per heavy atom. The van der Waals surface area contributed by atoms with Crippen LogP contribution in [0.2, 0.25) is 0 Å². The summed E-state index contributed by atoms with van der Waals surface area (Å²) in [7, 11) is 0. The van der Waals surface area contributed by atoms with Crippen molar-refractivity contribution in [2.75, 3.05) is 4.90 Å². The van der Waals surface area contributed by atoms with Gasteiger partial charge in [-0.2, -0.15) is 5.10 Å². The van der Waals surface area contributed by atoms with Crippen molar-refractivity contribution in [1.82, 2.24) is 5.43 Å². The van der Waals surface area contributed by atoms with Gasteiger partial charge in [0.2, 0.25) is 5.91 Å². The zero-order chi connectivity index (χ0) is 21.0. The molecule has 0 fully saturated rings. The third-order valence-corrected chi connectivity index (χ3v) is 5.70. The van der Waals surface area contributed by atoms with Gasteiger partial charge in [0.1, 0.15) is 0 Å². The van der Waals surface area contributed by atoms with E-state index in [1.54, 1.807) is 6.21 Å². The molecule has 0 spiro atoms. The highest BCUT2D eigenvalue weighted by Crippen LogP contribution is 2.44. The molecule has 3 rings (SSSR count). The largest absolute Gasteiger partial charge is 0.364 e. The van der Waals surface area contributed by atoms with Gasteiger partial charge >= 0.3 is 0 Å². The first kappa shape index (κ1) is 21.1. The van der Waals surface area contributed by atoms with Crippen molar-refractivity contribution in [3.8, 4) is 0 Å². The van der Waals surface area contributed by atoms with Gasteiger partial charge in [0.15, 0.2) is 0 Å². The summed E-state index contributed by atoms with van der Waals surface area (Å²) < 4.78 is 0. The number of anilines is 1. The summed E-state index contributed by atoms with van der Waals surface area (Å²) >= 11 is 0. The molecule has 4 nitrogen and oxygen atoms in total. The molecule has 1 unspecified atom stereocenters. The minimum Gasteiger partial charge on any atom is -0.364 e. The van der Waals surface area contributed by atoms with Gasteiger partial charge < -0.3 is 4.90 Å². The second-order valence-electron chi connectivity index (χ2n) is 8.98.